The molecule has 90 valence electrons. The third kappa shape index (κ3) is 1.80. The number of aliphatic carboxylic acids is 1. The summed E-state index contributed by atoms with van der Waals surface area (Å²) in [6.07, 6.45) is 4.65. The van der Waals surface area contributed by atoms with E-state index in [0.29, 0.717) is 25.8 Å². The van der Waals surface area contributed by atoms with Crippen molar-refractivity contribution in [2.75, 3.05) is 6.54 Å². The van der Waals surface area contributed by atoms with Crippen LogP contribution < -0.4 is 5.73 Å². The first-order chi connectivity index (χ1) is 7.54. The summed E-state index contributed by atoms with van der Waals surface area (Å²) in [4.78, 5) is 24.7. The van der Waals surface area contributed by atoms with E-state index in [2.05, 4.69) is 0 Å². The molecule has 1 amide bonds. The molecule has 1 saturated carbocycles. The highest BCUT2D eigenvalue weighted by molar-refractivity contribution is 5.90. The highest BCUT2D eigenvalue weighted by Gasteiger charge is 2.46. The van der Waals surface area contributed by atoms with Crippen molar-refractivity contribution in [3.63, 3.8) is 0 Å². The van der Waals surface area contributed by atoms with Crippen LogP contribution in [0.3, 0.4) is 0 Å². The van der Waals surface area contributed by atoms with E-state index in [9.17, 15) is 9.59 Å². The molecular weight excluding hydrogens is 208 g/mol. The minimum Gasteiger partial charge on any atom is -0.480 e. The van der Waals surface area contributed by atoms with E-state index in [1.165, 1.54) is 4.90 Å². The van der Waals surface area contributed by atoms with Gasteiger partial charge in [-0.25, -0.2) is 4.79 Å². The van der Waals surface area contributed by atoms with Crippen molar-refractivity contribution in [2.45, 2.75) is 50.1 Å². The van der Waals surface area contributed by atoms with Crippen molar-refractivity contribution in [1.29, 1.82) is 0 Å². The largest absolute Gasteiger partial charge is 0.480 e. The van der Waals surface area contributed by atoms with Gasteiger partial charge in [0.25, 0.3) is 0 Å². The molecule has 2 aliphatic rings. The van der Waals surface area contributed by atoms with Crippen LogP contribution in [0.25, 0.3) is 0 Å². The Morgan fingerprint density at radius 2 is 1.94 bits per heavy atom. The van der Waals surface area contributed by atoms with Crippen LogP contribution in [-0.2, 0) is 9.59 Å². The average Bonchev–Trinajstić information content (AvgIpc) is 2.25. The van der Waals surface area contributed by atoms with E-state index < -0.39 is 17.6 Å². The van der Waals surface area contributed by atoms with Crippen molar-refractivity contribution in [3.8, 4) is 0 Å². The molecule has 1 saturated heterocycles. The monoisotopic (exact) mass is 226 g/mol. The Hall–Kier alpha value is -1.10. The molecule has 0 unspecified atom stereocenters. The number of carboxylic acids is 1. The second-order valence-electron chi connectivity index (χ2n) is 4.86. The van der Waals surface area contributed by atoms with Gasteiger partial charge in [0.1, 0.15) is 6.04 Å². The van der Waals surface area contributed by atoms with Gasteiger partial charge in [-0.15, -0.1) is 0 Å². The second-order valence-corrected chi connectivity index (χ2v) is 4.86. The fraction of sp³-hybridized carbons (Fsp3) is 0.818. The van der Waals surface area contributed by atoms with Crippen molar-refractivity contribution in [3.05, 3.63) is 0 Å². The topological polar surface area (TPSA) is 83.6 Å². The summed E-state index contributed by atoms with van der Waals surface area (Å²) >= 11 is 0. The number of hydrogen-bond donors (Lipinski definition) is 2. The SMILES string of the molecule is NC1(C(=O)N2CCCC[C@@H]2C(=O)O)CCC1. The molecule has 1 heterocycles. The van der Waals surface area contributed by atoms with Crippen LogP contribution in [0.2, 0.25) is 0 Å². The minimum absolute atomic E-state index is 0.161. The van der Waals surface area contributed by atoms with E-state index in [1.807, 2.05) is 0 Å². The second kappa shape index (κ2) is 4.05. The van der Waals surface area contributed by atoms with Crippen molar-refractivity contribution in [2.24, 2.45) is 5.73 Å². The zero-order chi connectivity index (χ0) is 11.8. The van der Waals surface area contributed by atoms with Crippen LogP contribution in [0.1, 0.15) is 38.5 Å². The molecule has 0 bridgehead atoms. The smallest absolute Gasteiger partial charge is 0.326 e. The Balaban J connectivity index is 2.10. The van der Waals surface area contributed by atoms with E-state index >= 15 is 0 Å². The molecule has 5 heteroatoms. The fourth-order valence-electron chi connectivity index (χ4n) is 2.49. The summed E-state index contributed by atoms with van der Waals surface area (Å²) in [5, 5.41) is 9.08. The van der Waals surface area contributed by atoms with Crippen molar-refractivity contribution in [1.82, 2.24) is 4.90 Å². The number of amides is 1. The molecule has 1 aliphatic heterocycles. The standard InChI is InChI=1S/C11H18N2O3/c12-11(5-3-6-11)10(16)13-7-2-1-4-8(13)9(14)15/h8H,1-7,12H2,(H,14,15)/t8-/m1/s1. The number of piperidine rings is 1. The first kappa shape index (κ1) is 11.4. The van der Waals surface area contributed by atoms with Gasteiger partial charge in [-0.2, -0.15) is 0 Å². The minimum atomic E-state index is -0.907. The molecule has 5 nitrogen and oxygen atoms in total. The van der Waals surface area contributed by atoms with E-state index in [-0.39, 0.29) is 5.91 Å². The van der Waals surface area contributed by atoms with Gasteiger partial charge in [-0.05, 0) is 38.5 Å². The summed E-state index contributed by atoms with van der Waals surface area (Å²) in [7, 11) is 0. The first-order valence-electron chi connectivity index (χ1n) is 5.87. The van der Waals surface area contributed by atoms with Gasteiger partial charge in [-0.3, -0.25) is 4.79 Å². The summed E-state index contributed by atoms with van der Waals surface area (Å²) < 4.78 is 0. The van der Waals surface area contributed by atoms with Crippen LogP contribution in [0.4, 0.5) is 0 Å². The number of nitrogens with two attached hydrogens (primary N) is 1. The normalized spacial score (nSPS) is 28.3. The lowest BCUT2D eigenvalue weighted by Gasteiger charge is -2.43. The summed E-state index contributed by atoms with van der Waals surface area (Å²) in [6, 6.07) is -0.665. The number of carboxylic acid groups (broad SMARTS) is 1. The number of hydrogen-bond acceptors (Lipinski definition) is 3. The van der Waals surface area contributed by atoms with Gasteiger partial charge in [0, 0.05) is 6.54 Å². The van der Waals surface area contributed by atoms with Crippen LogP contribution in [-0.4, -0.2) is 40.0 Å². The third-order valence-electron chi connectivity index (χ3n) is 3.72. The molecule has 1 aliphatic carbocycles. The molecule has 1 atom stereocenters. The molecule has 0 spiro atoms. The zero-order valence-electron chi connectivity index (χ0n) is 9.32. The van der Waals surface area contributed by atoms with Gasteiger partial charge in [0.2, 0.25) is 5.91 Å². The van der Waals surface area contributed by atoms with Crippen molar-refractivity contribution < 1.29 is 14.7 Å². The lowest BCUT2D eigenvalue weighted by molar-refractivity contribution is -0.156. The van der Waals surface area contributed by atoms with Crippen LogP contribution in [0.15, 0.2) is 0 Å². The number of rotatable bonds is 2. The van der Waals surface area contributed by atoms with Gasteiger partial charge in [0.05, 0.1) is 5.54 Å². The molecular formula is C11H18N2O3. The predicted molar refractivity (Wildman–Crippen MR) is 57.8 cm³/mol. The Morgan fingerprint density at radius 1 is 1.25 bits per heavy atom. The number of carbonyl (C=O) groups excluding carboxylic acids is 1. The predicted octanol–water partition coefficient (Wildman–Crippen LogP) is 0.333. The summed E-state index contributed by atoms with van der Waals surface area (Å²) in [5.41, 5.74) is 5.18. The summed E-state index contributed by atoms with van der Waals surface area (Å²) in [5.74, 6) is -1.07. The molecule has 16 heavy (non-hydrogen) atoms. The third-order valence-corrected chi connectivity index (χ3v) is 3.72. The van der Waals surface area contributed by atoms with Gasteiger partial charge >= 0.3 is 5.97 Å². The Kier molecular flexibility index (Phi) is 2.88. The van der Waals surface area contributed by atoms with Crippen LogP contribution >= 0.6 is 0 Å². The van der Waals surface area contributed by atoms with E-state index in [0.717, 1.165) is 19.3 Å². The van der Waals surface area contributed by atoms with Crippen molar-refractivity contribution >= 4 is 11.9 Å². The van der Waals surface area contributed by atoms with Crippen LogP contribution in [0, 0.1) is 0 Å². The molecule has 0 aromatic rings. The van der Waals surface area contributed by atoms with Crippen LogP contribution in [0.5, 0.6) is 0 Å². The Morgan fingerprint density at radius 3 is 2.44 bits per heavy atom. The molecule has 2 fully saturated rings. The molecule has 0 aromatic heterocycles. The molecule has 2 rings (SSSR count). The van der Waals surface area contributed by atoms with Gasteiger partial charge in [0.15, 0.2) is 0 Å². The molecule has 3 N–H and O–H groups in total. The molecule has 0 aromatic carbocycles. The molecule has 0 radical (unpaired) electrons. The number of carbonyl (C=O) groups is 2. The maximum Gasteiger partial charge on any atom is 0.326 e. The van der Waals surface area contributed by atoms with Gasteiger partial charge in [-0.1, -0.05) is 0 Å². The number of likely N-dealkylation sites (tertiary alicyclic amines) is 1. The number of nitrogens with zero attached hydrogens (tertiary/aromatic N) is 1. The lowest BCUT2D eigenvalue weighted by Crippen LogP contribution is -2.63. The zero-order valence-corrected chi connectivity index (χ0v) is 9.32. The highest BCUT2D eigenvalue weighted by atomic mass is 16.4. The highest BCUT2D eigenvalue weighted by Crippen LogP contribution is 2.33. The summed E-state index contributed by atoms with van der Waals surface area (Å²) in [6.45, 7) is 0.536. The Labute approximate surface area is 94.6 Å². The van der Waals surface area contributed by atoms with E-state index in [1.54, 1.807) is 0 Å². The lowest BCUT2D eigenvalue weighted by atomic mass is 9.76. The quantitative estimate of drug-likeness (QED) is 0.711. The maximum atomic E-state index is 12.2. The average molecular weight is 226 g/mol. The maximum absolute atomic E-state index is 12.2. The van der Waals surface area contributed by atoms with Gasteiger partial charge < -0.3 is 15.7 Å². The fourth-order valence-corrected chi connectivity index (χ4v) is 2.49. The Bertz CT molecular complexity index is 312. The first-order valence-corrected chi connectivity index (χ1v) is 5.87. The van der Waals surface area contributed by atoms with E-state index in [4.69, 9.17) is 10.8 Å².